The van der Waals surface area contributed by atoms with Gasteiger partial charge < -0.3 is 9.47 Å². The number of rotatable bonds is 7. The molecule has 2 fully saturated rings. The first-order valence-electron chi connectivity index (χ1n) is 9.44. The molecule has 2 aliphatic rings. The van der Waals surface area contributed by atoms with E-state index in [2.05, 4.69) is 26.2 Å². The third-order valence-corrected chi connectivity index (χ3v) is 8.96. The molecule has 2 aromatic rings. The Labute approximate surface area is 173 Å². The van der Waals surface area contributed by atoms with Crippen molar-refractivity contribution >= 4 is 38.8 Å². The summed E-state index contributed by atoms with van der Waals surface area (Å²) >= 11 is 3.13. The third kappa shape index (κ3) is 4.28. The molecule has 28 heavy (non-hydrogen) atoms. The van der Waals surface area contributed by atoms with Crippen LogP contribution in [-0.2, 0) is 21.1 Å². The molecular weight excluding hydrogens is 416 g/mol. The Morgan fingerprint density at radius 1 is 1.39 bits per heavy atom. The van der Waals surface area contributed by atoms with Crippen LogP contribution in [0.4, 0.5) is 0 Å². The van der Waals surface area contributed by atoms with Gasteiger partial charge in [-0.15, -0.1) is 21.5 Å². The van der Waals surface area contributed by atoms with Gasteiger partial charge in [-0.25, -0.2) is 8.42 Å². The van der Waals surface area contributed by atoms with Crippen molar-refractivity contribution in [1.29, 1.82) is 0 Å². The zero-order valence-electron chi connectivity index (χ0n) is 15.9. The highest BCUT2D eigenvalue weighted by Gasteiger charge is 2.35. The molecule has 7 nitrogen and oxygen atoms in total. The molecular formula is C18H24N4O3S3. The number of hydrogen-bond acceptors (Lipinski definition) is 7. The van der Waals surface area contributed by atoms with Gasteiger partial charge in [0, 0.05) is 30.4 Å². The molecule has 1 saturated carbocycles. The number of amides is 1. The molecule has 152 valence electrons. The largest absolute Gasteiger partial charge is 0.341 e. The van der Waals surface area contributed by atoms with Gasteiger partial charge in [0.2, 0.25) is 5.91 Å². The Morgan fingerprint density at radius 2 is 2.18 bits per heavy atom. The second-order valence-electron chi connectivity index (χ2n) is 7.52. The maximum Gasteiger partial charge on any atom is 0.235 e. The Kier molecular flexibility index (Phi) is 5.54. The van der Waals surface area contributed by atoms with Crippen molar-refractivity contribution in [3.63, 3.8) is 0 Å². The van der Waals surface area contributed by atoms with Crippen LogP contribution in [0.15, 0.2) is 22.7 Å². The molecule has 1 amide bonds. The number of thiophene rings is 1. The van der Waals surface area contributed by atoms with Crippen LogP contribution in [0.1, 0.15) is 42.9 Å². The topological polar surface area (TPSA) is 85.2 Å². The lowest BCUT2D eigenvalue weighted by Gasteiger charge is -2.26. The molecule has 0 N–H and O–H groups in total. The van der Waals surface area contributed by atoms with Crippen molar-refractivity contribution in [2.75, 3.05) is 18.6 Å². The van der Waals surface area contributed by atoms with E-state index in [1.807, 2.05) is 13.0 Å². The molecule has 1 aliphatic heterocycles. The van der Waals surface area contributed by atoms with Crippen LogP contribution in [0.3, 0.4) is 0 Å². The standard InChI is InChI=1S/C18H24N4O3S3/c1-12(17(23)21(2)14-7-9-28(24,25)11-14)27-18-20-19-16(22(18)13-5-6-13)10-15-4-3-8-26-15/h3-4,8,12-14H,5-7,9-11H2,1-2H3/t12-,14+/m0/s1. The van der Waals surface area contributed by atoms with Crippen LogP contribution in [-0.4, -0.2) is 63.8 Å². The van der Waals surface area contributed by atoms with Gasteiger partial charge in [-0.05, 0) is 37.6 Å². The maximum atomic E-state index is 12.9. The Morgan fingerprint density at radius 3 is 2.79 bits per heavy atom. The molecule has 0 spiro atoms. The monoisotopic (exact) mass is 440 g/mol. The Balaban J connectivity index is 1.46. The lowest BCUT2D eigenvalue weighted by Crippen LogP contribution is -2.41. The normalized spacial score (nSPS) is 22.3. The maximum absolute atomic E-state index is 12.9. The van der Waals surface area contributed by atoms with E-state index in [1.54, 1.807) is 23.3 Å². The second kappa shape index (κ2) is 7.79. The molecule has 2 atom stereocenters. The van der Waals surface area contributed by atoms with Gasteiger partial charge >= 0.3 is 0 Å². The summed E-state index contributed by atoms with van der Waals surface area (Å²) < 4.78 is 25.6. The van der Waals surface area contributed by atoms with E-state index in [9.17, 15) is 13.2 Å². The number of carbonyl (C=O) groups is 1. The van der Waals surface area contributed by atoms with Gasteiger partial charge in [0.05, 0.1) is 16.8 Å². The molecule has 10 heteroatoms. The minimum atomic E-state index is -3.02. The fourth-order valence-corrected chi connectivity index (χ4v) is 7.05. The minimum Gasteiger partial charge on any atom is -0.341 e. The zero-order chi connectivity index (χ0) is 19.9. The van der Waals surface area contributed by atoms with Crippen molar-refractivity contribution in [2.45, 2.75) is 55.1 Å². The number of hydrogen-bond donors (Lipinski definition) is 0. The lowest BCUT2D eigenvalue weighted by atomic mass is 10.2. The van der Waals surface area contributed by atoms with E-state index in [0.29, 0.717) is 12.5 Å². The number of carbonyl (C=O) groups excluding carboxylic acids is 1. The van der Waals surface area contributed by atoms with Crippen molar-refractivity contribution < 1.29 is 13.2 Å². The highest BCUT2D eigenvalue weighted by molar-refractivity contribution is 8.00. The van der Waals surface area contributed by atoms with Crippen LogP contribution >= 0.6 is 23.1 Å². The zero-order valence-corrected chi connectivity index (χ0v) is 18.4. The summed E-state index contributed by atoms with van der Waals surface area (Å²) in [6, 6.07) is 4.33. The molecule has 0 aromatic carbocycles. The van der Waals surface area contributed by atoms with Crippen LogP contribution in [0.2, 0.25) is 0 Å². The van der Waals surface area contributed by atoms with Crippen LogP contribution in [0.5, 0.6) is 0 Å². The smallest absolute Gasteiger partial charge is 0.235 e. The second-order valence-corrected chi connectivity index (χ2v) is 12.1. The van der Waals surface area contributed by atoms with E-state index in [1.165, 1.54) is 16.6 Å². The summed E-state index contributed by atoms with van der Waals surface area (Å²) in [7, 11) is -1.31. The third-order valence-electron chi connectivity index (χ3n) is 5.29. The number of nitrogens with zero attached hydrogens (tertiary/aromatic N) is 4. The quantitative estimate of drug-likeness (QED) is 0.615. The Bertz CT molecular complexity index is 951. The van der Waals surface area contributed by atoms with Gasteiger partial charge in [0.15, 0.2) is 15.0 Å². The highest BCUT2D eigenvalue weighted by atomic mass is 32.2. The van der Waals surface area contributed by atoms with Crippen molar-refractivity contribution in [2.24, 2.45) is 0 Å². The van der Waals surface area contributed by atoms with Gasteiger partial charge in [-0.1, -0.05) is 17.8 Å². The summed E-state index contributed by atoms with van der Waals surface area (Å²) in [4.78, 5) is 15.7. The SMILES string of the molecule is C[C@H](Sc1nnc(Cc2cccs2)n1C1CC1)C(=O)N(C)[C@@H]1CCS(=O)(=O)C1. The number of thioether (sulfide) groups is 1. The predicted octanol–water partition coefficient (Wildman–Crippen LogP) is 2.39. The van der Waals surface area contributed by atoms with Gasteiger partial charge in [-0.3, -0.25) is 4.79 Å². The van der Waals surface area contributed by atoms with Crippen molar-refractivity contribution in [3.8, 4) is 0 Å². The number of sulfone groups is 1. The Hall–Kier alpha value is -1.39. The summed E-state index contributed by atoms with van der Waals surface area (Å²) in [5.41, 5.74) is 0. The van der Waals surface area contributed by atoms with E-state index >= 15 is 0 Å². The van der Waals surface area contributed by atoms with Gasteiger partial charge in [0.25, 0.3) is 0 Å². The first kappa shape index (κ1) is 19.9. The van der Waals surface area contributed by atoms with Gasteiger partial charge in [0.1, 0.15) is 5.82 Å². The molecule has 0 radical (unpaired) electrons. The first-order chi connectivity index (χ1) is 13.3. The van der Waals surface area contributed by atoms with E-state index in [4.69, 9.17) is 0 Å². The fraction of sp³-hybridized carbons (Fsp3) is 0.611. The van der Waals surface area contributed by atoms with Gasteiger partial charge in [-0.2, -0.15) is 0 Å². The lowest BCUT2D eigenvalue weighted by molar-refractivity contribution is -0.130. The molecule has 1 saturated heterocycles. The molecule has 2 aromatic heterocycles. The van der Waals surface area contributed by atoms with E-state index in [-0.39, 0.29) is 28.7 Å². The van der Waals surface area contributed by atoms with E-state index < -0.39 is 9.84 Å². The fourth-order valence-electron chi connectivity index (χ4n) is 3.53. The highest BCUT2D eigenvalue weighted by Crippen LogP contribution is 2.40. The average Bonchev–Trinajstić information content (AvgIpc) is 3.03. The molecule has 4 rings (SSSR count). The van der Waals surface area contributed by atoms with Crippen LogP contribution < -0.4 is 0 Å². The van der Waals surface area contributed by atoms with E-state index in [0.717, 1.165) is 30.2 Å². The average molecular weight is 441 g/mol. The summed E-state index contributed by atoms with van der Waals surface area (Å²) in [6.45, 7) is 1.86. The first-order valence-corrected chi connectivity index (χ1v) is 13.0. The molecule has 0 bridgehead atoms. The predicted molar refractivity (Wildman–Crippen MR) is 111 cm³/mol. The molecule has 3 heterocycles. The van der Waals surface area contributed by atoms with Crippen molar-refractivity contribution in [1.82, 2.24) is 19.7 Å². The summed E-state index contributed by atoms with van der Waals surface area (Å²) in [5, 5.41) is 11.3. The number of aromatic nitrogens is 3. The van der Waals surface area contributed by atoms with Crippen LogP contribution in [0, 0.1) is 0 Å². The van der Waals surface area contributed by atoms with Crippen molar-refractivity contribution in [3.05, 3.63) is 28.2 Å². The minimum absolute atomic E-state index is 0.0581. The van der Waals surface area contributed by atoms with Crippen LogP contribution in [0.25, 0.3) is 0 Å². The molecule has 1 aliphatic carbocycles. The summed E-state index contributed by atoms with van der Waals surface area (Å²) in [6.07, 6.45) is 3.51. The summed E-state index contributed by atoms with van der Waals surface area (Å²) in [5.74, 6) is 1.12. The molecule has 0 unspecified atom stereocenters.